The van der Waals surface area contributed by atoms with Crippen molar-refractivity contribution in [1.82, 2.24) is 5.32 Å². The van der Waals surface area contributed by atoms with E-state index >= 15 is 0 Å². The highest BCUT2D eigenvalue weighted by Gasteiger charge is 2.06. The Kier molecular flexibility index (Phi) is 5.66. The number of phenolic OH excluding ortho intramolecular Hbond substituents is 1. The van der Waals surface area contributed by atoms with Crippen LogP contribution in [0.4, 0.5) is 0 Å². The van der Waals surface area contributed by atoms with Crippen LogP contribution >= 0.6 is 0 Å². The number of phenols is 1. The molecule has 0 fully saturated rings. The number of rotatable bonds is 6. The molecule has 0 aromatic heterocycles. The summed E-state index contributed by atoms with van der Waals surface area (Å²) in [4.78, 5) is 11.8. The standard InChI is InChI=1S/C17H23NO2/c19-16-9-5-4-8-15(16)10-11-17(20)18-13-12-14-6-2-1-3-7-14/h4-6,8-9,19H,1-3,7,10-13H2,(H,18,20). The van der Waals surface area contributed by atoms with Gasteiger partial charge in [0.1, 0.15) is 5.75 Å². The van der Waals surface area contributed by atoms with E-state index in [1.807, 2.05) is 12.1 Å². The second kappa shape index (κ2) is 7.73. The molecule has 0 saturated carbocycles. The maximum Gasteiger partial charge on any atom is 0.220 e. The molecular weight excluding hydrogens is 250 g/mol. The molecule has 0 spiro atoms. The van der Waals surface area contributed by atoms with Gasteiger partial charge in [0.15, 0.2) is 0 Å². The van der Waals surface area contributed by atoms with E-state index in [1.165, 1.54) is 31.3 Å². The van der Waals surface area contributed by atoms with Crippen molar-refractivity contribution in [2.75, 3.05) is 6.54 Å². The fraction of sp³-hybridized carbons (Fsp3) is 0.471. The Morgan fingerprint density at radius 2 is 2.05 bits per heavy atom. The van der Waals surface area contributed by atoms with E-state index < -0.39 is 0 Å². The second-order valence-electron chi connectivity index (χ2n) is 5.34. The number of aryl methyl sites for hydroxylation is 1. The number of hydrogen-bond acceptors (Lipinski definition) is 2. The summed E-state index contributed by atoms with van der Waals surface area (Å²) in [7, 11) is 0. The molecule has 1 aliphatic rings. The molecule has 0 radical (unpaired) electrons. The SMILES string of the molecule is O=C(CCc1ccccc1O)NCCC1=CCCCC1. The monoisotopic (exact) mass is 273 g/mol. The molecule has 108 valence electrons. The van der Waals surface area contributed by atoms with Crippen LogP contribution in [0, 0.1) is 0 Å². The van der Waals surface area contributed by atoms with Gasteiger partial charge in [-0.2, -0.15) is 0 Å². The summed E-state index contributed by atoms with van der Waals surface area (Å²) in [6.45, 7) is 0.728. The normalized spacial score (nSPS) is 14.7. The molecule has 0 atom stereocenters. The fourth-order valence-corrected chi connectivity index (χ4v) is 2.55. The van der Waals surface area contributed by atoms with Gasteiger partial charge in [0.05, 0.1) is 0 Å². The van der Waals surface area contributed by atoms with Crippen LogP contribution in [0.2, 0.25) is 0 Å². The van der Waals surface area contributed by atoms with Crippen LogP contribution in [0.15, 0.2) is 35.9 Å². The first-order chi connectivity index (χ1) is 9.75. The highest BCUT2D eigenvalue weighted by molar-refractivity contribution is 5.76. The number of hydrogen-bond donors (Lipinski definition) is 2. The van der Waals surface area contributed by atoms with Gasteiger partial charge in [0.25, 0.3) is 0 Å². The zero-order valence-electron chi connectivity index (χ0n) is 11.9. The van der Waals surface area contributed by atoms with E-state index in [9.17, 15) is 9.90 Å². The summed E-state index contributed by atoms with van der Waals surface area (Å²) >= 11 is 0. The first kappa shape index (κ1) is 14.6. The molecule has 0 unspecified atom stereocenters. The molecule has 1 aromatic rings. The second-order valence-corrected chi connectivity index (χ2v) is 5.34. The first-order valence-corrected chi connectivity index (χ1v) is 7.47. The van der Waals surface area contributed by atoms with Gasteiger partial charge in [0.2, 0.25) is 5.91 Å². The van der Waals surface area contributed by atoms with Gasteiger partial charge in [-0.05, 0) is 50.2 Å². The molecule has 0 saturated heterocycles. The Balaban J connectivity index is 1.65. The number of allylic oxidation sites excluding steroid dienone is 1. The third-order valence-corrected chi connectivity index (χ3v) is 3.77. The van der Waals surface area contributed by atoms with Crippen LogP contribution in [0.5, 0.6) is 5.75 Å². The minimum Gasteiger partial charge on any atom is -0.508 e. The van der Waals surface area contributed by atoms with E-state index in [0.29, 0.717) is 12.8 Å². The van der Waals surface area contributed by atoms with Crippen molar-refractivity contribution in [3.8, 4) is 5.75 Å². The molecule has 0 heterocycles. The average Bonchev–Trinajstić information content (AvgIpc) is 2.47. The molecule has 0 bridgehead atoms. The lowest BCUT2D eigenvalue weighted by Crippen LogP contribution is -2.25. The third kappa shape index (κ3) is 4.72. The smallest absolute Gasteiger partial charge is 0.220 e. The van der Waals surface area contributed by atoms with Crippen LogP contribution in [0.3, 0.4) is 0 Å². The van der Waals surface area contributed by atoms with E-state index in [4.69, 9.17) is 0 Å². The Morgan fingerprint density at radius 1 is 1.20 bits per heavy atom. The van der Waals surface area contributed by atoms with Crippen molar-refractivity contribution >= 4 is 5.91 Å². The van der Waals surface area contributed by atoms with E-state index in [0.717, 1.165) is 18.5 Å². The van der Waals surface area contributed by atoms with E-state index in [2.05, 4.69) is 11.4 Å². The van der Waals surface area contributed by atoms with E-state index in [1.54, 1.807) is 12.1 Å². The van der Waals surface area contributed by atoms with Gasteiger partial charge in [-0.15, -0.1) is 0 Å². The van der Waals surface area contributed by atoms with Crippen molar-refractivity contribution in [3.63, 3.8) is 0 Å². The number of carbonyl (C=O) groups is 1. The number of amides is 1. The largest absolute Gasteiger partial charge is 0.508 e. The summed E-state index contributed by atoms with van der Waals surface area (Å²) in [6.07, 6.45) is 9.27. The predicted molar refractivity (Wildman–Crippen MR) is 80.6 cm³/mol. The predicted octanol–water partition coefficient (Wildman–Crippen LogP) is 3.33. The van der Waals surface area contributed by atoms with Crippen molar-refractivity contribution in [2.24, 2.45) is 0 Å². The van der Waals surface area contributed by atoms with Gasteiger partial charge in [-0.1, -0.05) is 29.8 Å². The van der Waals surface area contributed by atoms with Crippen molar-refractivity contribution < 1.29 is 9.90 Å². The van der Waals surface area contributed by atoms with Crippen molar-refractivity contribution in [3.05, 3.63) is 41.5 Å². The number of nitrogens with one attached hydrogen (secondary N) is 1. The lowest BCUT2D eigenvalue weighted by atomic mass is 9.97. The van der Waals surface area contributed by atoms with Crippen LogP contribution in [-0.2, 0) is 11.2 Å². The van der Waals surface area contributed by atoms with Crippen LogP contribution in [0.25, 0.3) is 0 Å². The molecule has 3 nitrogen and oxygen atoms in total. The van der Waals surface area contributed by atoms with Crippen molar-refractivity contribution in [1.29, 1.82) is 0 Å². The summed E-state index contributed by atoms with van der Waals surface area (Å²) < 4.78 is 0. The highest BCUT2D eigenvalue weighted by atomic mass is 16.3. The molecule has 20 heavy (non-hydrogen) atoms. The maximum absolute atomic E-state index is 11.8. The average molecular weight is 273 g/mol. The number of carbonyl (C=O) groups excluding carboxylic acids is 1. The molecule has 0 aliphatic heterocycles. The Bertz CT molecular complexity index is 480. The van der Waals surface area contributed by atoms with Gasteiger partial charge >= 0.3 is 0 Å². The van der Waals surface area contributed by atoms with Crippen LogP contribution in [-0.4, -0.2) is 17.6 Å². The lowest BCUT2D eigenvalue weighted by Gasteiger charge is -2.13. The quantitative estimate of drug-likeness (QED) is 0.781. The van der Waals surface area contributed by atoms with Crippen molar-refractivity contribution in [2.45, 2.75) is 44.9 Å². The van der Waals surface area contributed by atoms with E-state index in [-0.39, 0.29) is 11.7 Å². The number of para-hydroxylation sites is 1. The summed E-state index contributed by atoms with van der Waals surface area (Å²) in [5, 5.41) is 12.6. The van der Waals surface area contributed by atoms with Crippen LogP contribution in [0.1, 0.15) is 44.1 Å². The Labute approximate surface area is 120 Å². The maximum atomic E-state index is 11.8. The minimum absolute atomic E-state index is 0.0599. The van der Waals surface area contributed by atoms with Gasteiger partial charge in [0, 0.05) is 13.0 Å². The number of aromatic hydroxyl groups is 1. The van der Waals surface area contributed by atoms with Gasteiger partial charge in [-0.25, -0.2) is 0 Å². The molecule has 1 aliphatic carbocycles. The third-order valence-electron chi connectivity index (χ3n) is 3.77. The zero-order valence-corrected chi connectivity index (χ0v) is 11.9. The molecule has 2 N–H and O–H groups in total. The summed E-state index contributed by atoms with van der Waals surface area (Å²) in [5.74, 6) is 0.331. The molecular formula is C17H23NO2. The molecule has 1 amide bonds. The minimum atomic E-state index is 0.0599. The molecule has 1 aromatic carbocycles. The Hall–Kier alpha value is -1.77. The number of benzene rings is 1. The zero-order chi connectivity index (χ0) is 14.2. The lowest BCUT2D eigenvalue weighted by molar-refractivity contribution is -0.121. The van der Waals surface area contributed by atoms with Crippen LogP contribution < -0.4 is 5.32 Å². The molecule has 3 heteroatoms. The van der Waals surface area contributed by atoms with Gasteiger partial charge < -0.3 is 10.4 Å². The topological polar surface area (TPSA) is 49.3 Å². The first-order valence-electron chi connectivity index (χ1n) is 7.47. The van der Waals surface area contributed by atoms with Gasteiger partial charge in [-0.3, -0.25) is 4.79 Å². The summed E-state index contributed by atoms with van der Waals surface area (Å²) in [6, 6.07) is 7.18. The fourth-order valence-electron chi connectivity index (χ4n) is 2.55. The Morgan fingerprint density at radius 3 is 2.80 bits per heavy atom. The highest BCUT2D eigenvalue weighted by Crippen LogP contribution is 2.19. The summed E-state index contributed by atoms with van der Waals surface area (Å²) in [5.41, 5.74) is 2.31. The molecule has 2 rings (SSSR count).